The zero-order chi connectivity index (χ0) is 26.0. The van der Waals surface area contributed by atoms with Gasteiger partial charge in [0.2, 0.25) is 5.91 Å². The molecule has 3 saturated heterocycles. The quantitative estimate of drug-likeness (QED) is 0.190. The first-order valence-electron chi connectivity index (χ1n) is 12.3. The van der Waals surface area contributed by atoms with Crippen molar-refractivity contribution in [3.8, 4) is 5.75 Å². The van der Waals surface area contributed by atoms with Gasteiger partial charge in [0.05, 0.1) is 31.7 Å². The van der Waals surface area contributed by atoms with Gasteiger partial charge in [0.1, 0.15) is 17.4 Å². The van der Waals surface area contributed by atoms with Gasteiger partial charge in [-0.3, -0.25) is 14.4 Å². The van der Waals surface area contributed by atoms with Crippen LogP contribution in [0.4, 0.5) is 5.69 Å². The first-order chi connectivity index (χ1) is 17.3. The average molecular weight is 565 g/mol. The molecule has 1 spiro atoms. The number of halogens is 1. The lowest BCUT2D eigenvalue weighted by atomic mass is 9.70. The van der Waals surface area contributed by atoms with E-state index in [1.165, 1.54) is 0 Å². The molecule has 3 aliphatic heterocycles. The van der Waals surface area contributed by atoms with E-state index in [9.17, 15) is 19.5 Å². The second kappa shape index (κ2) is 10.9. The molecule has 3 unspecified atom stereocenters. The van der Waals surface area contributed by atoms with Crippen LogP contribution in [0.25, 0.3) is 0 Å². The van der Waals surface area contributed by atoms with Crippen molar-refractivity contribution in [2.75, 3.05) is 38.3 Å². The fourth-order valence-corrected chi connectivity index (χ4v) is 6.86. The summed E-state index contributed by atoms with van der Waals surface area (Å²) in [6.07, 6.45) is 2.50. The minimum absolute atomic E-state index is 0.0167. The number of rotatable bonds is 11. The topological polar surface area (TPSA) is 106 Å². The minimum atomic E-state index is -1.16. The van der Waals surface area contributed by atoms with Crippen molar-refractivity contribution in [2.45, 2.75) is 48.8 Å². The summed E-state index contributed by atoms with van der Waals surface area (Å²) >= 11 is 3.64. The Kier molecular flexibility index (Phi) is 8.06. The number of nitrogens with zero attached hydrogens (tertiary/aromatic N) is 2. The number of benzene rings is 1. The zero-order valence-corrected chi connectivity index (χ0v) is 22.2. The number of alkyl halides is 1. The van der Waals surface area contributed by atoms with E-state index in [1.54, 1.807) is 54.2 Å². The number of fused-ring (bicyclic) bond motifs is 1. The van der Waals surface area contributed by atoms with Gasteiger partial charge in [-0.25, -0.2) is 0 Å². The van der Waals surface area contributed by atoms with Crippen LogP contribution in [0.3, 0.4) is 0 Å². The summed E-state index contributed by atoms with van der Waals surface area (Å²) in [5.74, 6) is -2.00. The predicted octanol–water partition coefficient (Wildman–Crippen LogP) is 2.30. The summed E-state index contributed by atoms with van der Waals surface area (Å²) in [6, 6.07) is 6.16. The molecule has 10 heteroatoms. The lowest BCUT2D eigenvalue weighted by Gasteiger charge is -2.37. The second-order valence-electron chi connectivity index (χ2n) is 9.31. The van der Waals surface area contributed by atoms with Gasteiger partial charge in [0.15, 0.2) is 0 Å². The van der Waals surface area contributed by atoms with E-state index in [0.29, 0.717) is 30.7 Å². The predicted molar refractivity (Wildman–Crippen MR) is 136 cm³/mol. The van der Waals surface area contributed by atoms with Crippen molar-refractivity contribution in [3.63, 3.8) is 0 Å². The third-order valence-electron chi connectivity index (χ3n) is 7.35. The van der Waals surface area contributed by atoms with Crippen LogP contribution < -0.4 is 9.64 Å². The van der Waals surface area contributed by atoms with E-state index in [0.717, 1.165) is 0 Å². The van der Waals surface area contributed by atoms with Gasteiger partial charge in [-0.1, -0.05) is 22.0 Å². The van der Waals surface area contributed by atoms with E-state index in [-0.39, 0.29) is 42.9 Å². The molecular formula is C26H33BrN2O7. The Bertz CT molecular complexity index is 1000. The molecule has 3 fully saturated rings. The standard InChI is InChI=1S/C26H33BrN2O7/c1-4-12-28(16-8-10-17(34-3)11-9-16)24(32)22-26-15-18(27)21(36-26)19(25(33)35-5-2)20(26)23(31)29(22)13-6-7-14-30/h4,8-11,18-22,30H,1,5-7,12-15H2,2-3H3/t18?,19-,20+,21-,22?,26?/m1/s1. The number of carbonyl (C=O) groups excluding carboxylic acids is 3. The van der Waals surface area contributed by atoms with Crippen LogP contribution in [0.5, 0.6) is 5.75 Å². The van der Waals surface area contributed by atoms with E-state index < -0.39 is 35.6 Å². The van der Waals surface area contributed by atoms with Gasteiger partial charge in [-0.05, 0) is 50.5 Å². The first-order valence-corrected chi connectivity index (χ1v) is 13.2. The Balaban J connectivity index is 1.76. The molecule has 0 aromatic heterocycles. The first kappa shape index (κ1) is 26.6. The summed E-state index contributed by atoms with van der Waals surface area (Å²) in [5.41, 5.74) is -0.525. The third-order valence-corrected chi connectivity index (χ3v) is 8.20. The van der Waals surface area contributed by atoms with Crippen molar-refractivity contribution in [2.24, 2.45) is 11.8 Å². The number of methoxy groups -OCH3 is 1. The number of aliphatic hydroxyl groups excluding tert-OH is 1. The highest BCUT2D eigenvalue weighted by atomic mass is 79.9. The average Bonchev–Trinajstić information content (AvgIpc) is 3.46. The summed E-state index contributed by atoms with van der Waals surface area (Å²) in [6.45, 7) is 6.21. The Labute approximate surface area is 219 Å². The number of esters is 1. The highest BCUT2D eigenvalue weighted by Crippen LogP contribution is 2.60. The van der Waals surface area contributed by atoms with Gasteiger partial charge in [-0.15, -0.1) is 6.58 Å². The molecule has 9 nitrogen and oxygen atoms in total. The second-order valence-corrected chi connectivity index (χ2v) is 10.5. The molecule has 0 saturated carbocycles. The molecule has 1 aromatic rings. The highest BCUT2D eigenvalue weighted by Gasteiger charge is 2.77. The summed E-state index contributed by atoms with van der Waals surface area (Å²) in [5, 5.41) is 9.31. The zero-order valence-electron chi connectivity index (χ0n) is 20.6. The number of anilines is 1. The van der Waals surface area contributed by atoms with Crippen molar-refractivity contribution in [3.05, 3.63) is 36.9 Å². The maximum absolute atomic E-state index is 14.3. The molecule has 0 aliphatic carbocycles. The van der Waals surface area contributed by atoms with Gasteiger partial charge < -0.3 is 29.1 Å². The van der Waals surface area contributed by atoms with Crippen LogP contribution in [-0.2, 0) is 23.9 Å². The van der Waals surface area contributed by atoms with Crippen molar-refractivity contribution in [1.82, 2.24) is 4.90 Å². The fourth-order valence-electron chi connectivity index (χ4n) is 5.91. The molecule has 36 heavy (non-hydrogen) atoms. The fraction of sp³-hybridized carbons (Fsp3) is 0.577. The van der Waals surface area contributed by atoms with Crippen molar-refractivity contribution >= 4 is 39.4 Å². The van der Waals surface area contributed by atoms with Crippen molar-refractivity contribution < 1.29 is 33.7 Å². The number of amides is 2. The molecule has 2 bridgehead atoms. The molecule has 2 amide bonds. The molecule has 1 N–H and O–H groups in total. The van der Waals surface area contributed by atoms with Crippen LogP contribution in [-0.4, -0.2) is 83.8 Å². The van der Waals surface area contributed by atoms with E-state index >= 15 is 0 Å². The highest BCUT2D eigenvalue weighted by molar-refractivity contribution is 9.09. The number of carbonyl (C=O) groups is 3. The molecule has 0 radical (unpaired) electrons. The number of unbranched alkanes of at least 4 members (excludes halogenated alkanes) is 1. The van der Waals surface area contributed by atoms with E-state index in [2.05, 4.69) is 22.5 Å². The molecule has 1 aromatic carbocycles. The van der Waals surface area contributed by atoms with E-state index in [4.69, 9.17) is 14.2 Å². The third kappa shape index (κ3) is 4.33. The maximum Gasteiger partial charge on any atom is 0.312 e. The molecule has 3 heterocycles. The number of ether oxygens (including phenoxy) is 3. The van der Waals surface area contributed by atoms with Gasteiger partial charge >= 0.3 is 5.97 Å². The van der Waals surface area contributed by atoms with E-state index in [1.807, 2.05) is 0 Å². The Hall–Kier alpha value is -2.43. The maximum atomic E-state index is 14.3. The molecule has 6 atom stereocenters. The molecular weight excluding hydrogens is 532 g/mol. The summed E-state index contributed by atoms with van der Waals surface area (Å²) < 4.78 is 17.0. The van der Waals surface area contributed by atoms with Gasteiger partial charge in [0, 0.05) is 30.2 Å². The van der Waals surface area contributed by atoms with Crippen LogP contribution in [0.2, 0.25) is 0 Å². The minimum Gasteiger partial charge on any atom is -0.497 e. The molecule has 3 aliphatic rings. The van der Waals surface area contributed by atoms with Crippen molar-refractivity contribution in [1.29, 1.82) is 0 Å². The summed E-state index contributed by atoms with van der Waals surface area (Å²) in [4.78, 5) is 44.1. The van der Waals surface area contributed by atoms with Gasteiger partial charge in [-0.2, -0.15) is 0 Å². The Morgan fingerprint density at radius 1 is 1.33 bits per heavy atom. The van der Waals surface area contributed by atoms with Crippen LogP contribution in [0.15, 0.2) is 36.9 Å². The van der Waals surface area contributed by atoms with Crippen LogP contribution in [0.1, 0.15) is 26.2 Å². The normalized spacial score (nSPS) is 30.3. The summed E-state index contributed by atoms with van der Waals surface area (Å²) in [7, 11) is 1.57. The lowest BCUT2D eigenvalue weighted by Crippen LogP contribution is -2.57. The number of hydrogen-bond acceptors (Lipinski definition) is 7. The monoisotopic (exact) mass is 564 g/mol. The smallest absolute Gasteiger partial charge is 0.312 e. The lowest BCUT2D eigenvalue weighted by molar-refractivity contribution is -0.154. The number of likely N-dealkylation sites (tertiary alicyclic amines) is 1. The number of hydrogen-bond donors (Lipinski definition) is 1. The SMILES string of the molecule is C=CCN(C(=O)C1N(CCCCO)C(=O)[C@@H]2[C@@H](C(=O)OCC)[C@@H]3OC12CC3Br)c1ccc(OC)cc1. The molecule has 4 rings (SSSR count). The Morgan fingerprint density at radius 3 is 2.67 bits per heavy atom. The van der Waals surface area contributed by atoms with Gasteiger partial charge in [0.25, 0.3) is 5.91 Å². The van der Waals surface area contributed by atoms with Crippen LogP contribution >= 0.6 is 15.9 Å². The Morgan fingerprint density at radius 2 is 2.06 bits per heavy atom. The largest absolute Gasteiger partial charge is 0.497 e. The number of aliphatic hydroxyl groups is 1. The van der Waals surface area contributed by atoms with Crippen LogP contribution in [0, 0.1) is 11.8 Å². The molecule has 196 valence electrons.